The van der Waals surface area contributed by atoms with Crippen LogP contribution in [0.2, 0.25) is 5.02 Å². The lowest BCUT2D eigenvalue weighted by Crippen LogP contribution is -2.26. The van der Waals surface area contributed by atoms with Gasteiger partial charge in [0.15, 0.2) is 5.16 Å². The SMILES string of the molecule is COc1ccc(CNc2nc(SC)nc(OC)c2C(=O)NCc2cccnc2C)cc1Cl. The van der Waals surface area contributed by atoms with E-state index in [4.69, 9.17) is 21.1 Å². The minimum Gasteiger partial charge on any atom is -0.495 e. The first kappa shape index (κ1) is 23.6. The number of rotatable bonds is 9. The number of anilines is 1. The predicted molar refractivity (Wildman–Crippen MR) is 126 cm³/mol. The molecule has 8 nitrogen and oxygen atoms in total. The molecule has 0 fully saturated rings. The first-order valence-corrected chi connectivity index (χ1v) is 11.3. The number of hydrogen-bond donors (Lipinski definition) is 2. The molecule has 0 atom stereocenters. The highest BCUT2D eigenvalue weighted by atomic mass is 35.5. The molecule has 168 valence electrons. The van der Waals surface area contributed by atoms with Crippen molar-refractivity contribution in [2.24, 2.45) is 0 Å². The quantitative estimate of drug-likeness (QED) is 0.354. The van der Waals surface area contributed by atoms with E-state index < -0.39 is 0 Å². The smallest absolute Gasteiger partial charge is 0.260 e. The zero-order valence-electron chi connectivity index (χ0n) is 18.2. The molecule has 3 rings (SSSR count). The molecule has 3 aromatic rings. The van der Waals surface area contributed by atoms with E-state index in [1.54, 1.807) is 25.4 Å². The van der Waals surface area contributed by atoms with Crippen LogP contribution < -0.4 is 20.1 Å². The van der Waals surface area contributed by atoms with Crippen molar-refractivity contribution in [3.8, 4) is 11.6 Å². The van der Waals surface area contributed by atoms with Gasteiger partial charge in [0.1, 0.15) is 17.1 Å². The number of amides is 1. The number of aryl methyl sites for hydroxylation is 1. The minimum atomic E-state index is -0.354. The lowest BCUT2D eigenvalue weighted by atomic mass is 10.2. The number of hydrogen-bond acceptors (Lipinski definition) is 8. The fourth-order valence-electron chi connectivity index (χ4n) is 2.97. The van der Waals surface area contributed by atoms with E-state index >= 15 is 0 Å². The Morgan fingerprint density at radius 1 is 1.16 bits per heavy atom. The second kappa shape index (κ2) is 11.0. The molecule has 1 amide bonds. The zero-order chi connectivity index (χ0) is 23.1. The topological polar surface area (TPSA) is 98.3 Å². The third-order valence-corrected chi connectivity index (χ3v) is 5.53. The fraction of sp³-hybridized carbons (Fsp3) is 0.273. The second-order valence-electron chi connectivity index (χ2n) is 6.70. The summed E-state index contributed by atoms with van der Waals surface area (Å²) in [5.74, 6) is 0.802. The first-order chi connectivity index (χ1) is 15.5. The van der Waals surface area contributed by atoms with Gasteiger partial charge < -0.3 is 20.1 Å². The molecule has 0 bridgehead atoms. The molecule has 0 saturated carbocycles. The summed E-state index contributed by atoms with van der Waals surface area (Å²) in [4.78, 5) is 26.2. The molecule has 2 heterocycles. The third kappa shape index (κ3) is 5.60. The summed E-state index contributed by atoms with van der Waals surface area (Å²) >= 11 is 7.58. The number of nitrogens with one attached hydrogen (secondary N) is 2. The number of carbonyl (C=O) groups excluding carboxylic acids is 1. The number of benzene rings is 1. The van der Waals surface area contributed by atoms with Gasteiger partial charge in [-0.2, -0.15) is 4.98 Å². The highest BCUT2D eigenvalue weighted by molar-refractivity contribution is 7.98. The van der Waals surface area contributed by atoms with Crippen LogP contribution in [0.15, 0.2) is 41.7 Å². The number of methoxy groups -OCH3 is 2. The maximum Gasteiger partial charge on any atom is 0.260 e. The largest absolute Gasteiger partial charge is 0.495 e. The highest BCUT2D eigenvalue weighted by Gasteiger charge is 2.22. The monoisotopic (exact) mass is 473 g/mol. The normalized spacial score (nSPS) is 10.5. The summed E-state index contributed by atoms with van der Waals surface area (Å²) in [6.07, 6.45) is 3.57. The van der Waals surface area contributed by atoms with Crippen molar-refractivity contribution in [1.82, 2.24) is 20.3 Å². The van der Waals surface area contributed by atoms with Gasteiger partial charge in [-0.25, -0.2) is 4.98 Å². The van der Waals surface area contributed by atoms with Crippen LogP contribution in [0.4, 0.5) is 5.82 Å². The number of aromatic nitrogens is 3. The molecule has 32 heavy (non-hydrogen) atoms. The molecular weight excluding hydrogens is 450 g/mol. The molecule has 2 aromatic heterocycles. The molecule has 0 radical (unpaired) electrons. The highest BCUT2D eigenvalue weighted by Crippen LogP contribution is 2.28. The molecule has 0 aliphatic rings. The molecule has 0 aliphatic carbocycles. The molecule has 0 aliphatic heterocycles. The van der Waals surface area contributed by atoms with Gasteiger partial charge in [0.25, 0.3) is 5.91 Å². The van der Waals surface area contributed by atoms with Crippen LogP contribution in [0.3, 0.4) is 0 Å². The van der Waals surface area contributed by atoms with Gasteiger partial charge in [-0.15, -0.1) is 0 Å². The molecule has 1 aromatic carbocycles. The van der Waals surface area contributed by atoms with Gasteiger partial charge in [0.2, 0.25) is 5.88 Å². The summed E-state index contributed by atoms with van der Waals surface area (Å²) in [6.45, 7) is 2.60. The number of thioether (sulfide) groups is 1. The maximum absolute atomic E-state index is 13.1. The Bertz CT molecular complexity index is 1110. The lowest BCUT2D eigenvalue weighted by molar-refractivity contribution is 0.0947. The van der Waals surface area contributed by atoms with Crippen molar-refractivity contribution in [3.05, 3.63) is 63.9 Å². The van der Waals surface area contributed by atoms with Crippen molar-refractivity contribution in [2.75, 3.05) is 25.8 Å². The summed E-state index contributed by atoms with van der Waals surface area (Å²) in [5, 5.41) is 7.11. The molecule has 0 spiro atoms. The Morgan fingerprint density at radius 2 is 1.97 bits per heavy atom. The van der Waals surface area contributed by atoms with E-state index in [2.05, 4.69) is 25.6 Å². The minimum absolute atomic E-state index is 0.194. The average Bonchev–Trinajstić information content (AvgIpc) is 2.81. The van der Waals surface area contributed by atoms with Crippen LogP contribution in [0, 0.1) is 6.92 Å². The fourth-order valence-corrected chi connectivity index (χ4v) is 3.60. The number of nitrogens with zero attached hydrogens (tertiary/aromatic N) is 3. The number of pyridine rings is 1. The van der Waals surface area contributed by atoms with Crippen molar-refractivity contribution in [2.45, 2.75) is 25.2 Å². The Hall–Kier alpha value is -3.04. The number of carbonyl (C=O) groups is 1. The number of halogens is 1. The molecule has 2 N–H and O–H groups in total. The van der Waals surface area contributed by atoms with Gasteiger partial charge >= 0.3 is 0 Å². The van der Waals surface area contributed by atoms with Crippen LogP contribution in [0.1, 0.15) is 27.2 Å². The standard InChI is InChI=1S/C22H24ClN5O3S/c1-13-15(6-5-9-24-13)12-26-20(29)18-19(27-22(32-4)28-21(18)31-3)25-11-14-7-8-17(30-2)16(23)10-14/h5-10H,11-12H2,1-4H3,(H,26,29)(H,25,27,28). The summed E-state index contributed by atoms with van der Waals surface area (Å²) in [6, 6.07) is 9.22. The van der Waals surface area contributed by atoms with Crippen LogP contribution in [-0.2, 0) is 13.1 Å². The van der Waals surface area contributed by atoms with Gasteiger partial charge in [0.05, 0.1) is 19.2 Å². The summed E-state index contributed by atoms with van der Waals surface area (Å²) in [7, 11) is 3.04. The van der Waals surface area contributed by atoms with Crippen molar-refractivity contribution >= 4 is 35.1 Å². The van der Waals surface area contributed by atoms with E-state index in [1.165, 1.54) is 18.9 Å². The van der Waals surface area contributed by atoms with E-state index in [-0.39, 0.29) is 17.4 Å². The Kier molecular flexibility index (Phi) is 8.13. The van der Waals surface area contributed by atoms with E-state index in [0.717, 1.165) is 16.8 Å². The van der Waals surface area contributed by atoms with Crippen molar-refractivity contribution in [3.63, 3.8) is 0 Å². The van der Waals surface area contributed by atoms with Crippen molar-refractivity contribution in [1.29, 1.82) is 0 Å². The summed E-state index contributed by atoms with van der Waals surface area (Å²) < 4.78 is 10.6. The predicted octanol–water partition coefficient (Wildman–Crippen LogP) is 4.11. The van der Waals surface area contributed by atoms with Crippen molar-refractivity contribution < 1.29 is 14.3 Å². The Morgan fingerprint density at radius 3 is 2.62 bits per heavy atom. The average molecular weight is 474 g/mol. The molecule has 10 heteroatoms. The van der Waals surface area contributed by atoms with E-state index in [0.29, 0.717) is 34.8 Å². The number of ether oxygens (including phenoxy) is 2. The van der Waals surface area contributed by atoms with Crippen LogP contribution in [0.5, 0.6) is 11.6 Å². The summed E-state index contributed by atoms with van der Waals surface area (Å²) in [5.41, 5.74) is 2.90. The second-order valence-corrected chi connectivity index (χ2v) is 7.88. The van der Waals surface area contributed by atoms with Gasteiger partial charge in [-0.05, 0) is 42.5 Å². The van der Waals surface area contributed by atoms with Crippen LogP contribution >= 0.6 is 23.4 Å². The van der Waals surface area contributed by atoms with E-state index in [1.807, 2.05) is 31.4 Å². The lowest BCUT2D eigenvalue weighted by Gasteiger charge is -2.16. The Balaban J connectivity index is 1.86. The molecule has 0 saturated heterocycles. The van der Waals surface area contributed by atoms with Crippen LogP contribution in [-0.4, -0.2) is 41.3 Å². The van der Waals surface area contributed by atoms with E-state index in [9.17, 15) is 4.79 Å². The molecule has 0 unspecified atom stereocenters. The van der Waals surface area contributed by atoms with Gasteiger partial charge in [0, 0.05) is 25.0 Å². The zero-order valence-corrected chi connectivity index (χ0v) is 19.8. The van der Waals surface area contributed by atoms with Gasteiger partial charge in [-0.1, -0.05) is 35.5 Å². The third-order valence-electron chi connectivity index (χ3n) is 4.69. The van der Waals surface area contributed by atoms with Gasteiger partial charge in [-0.3, -0.25) is 9.78 Å². The Labute approximate surface area is 196 Å². The maximum atomic E-state index is 13.1. The first-order valence-electron chi connectivity index (χ1n) is 9.71. The molecular formula is C22H24ClN5O3S. The van der Waals surface area contributed by atoms with Crippen LogP contribution in [0.25, 0.3) is 0 Å².